The van der Waals surface area contributed by atoms with Gasteiger partial charge in [0, 0.05) is 5.38 Å². The molecule has 0 spiro atoms. The highest BCUT2D eigenvalue weighted by Gasteiger charge is 2.10. The largest absolute Gasteiger partial charge is 0.504 e. The van der Waals surface area contributed by atoms with E-state index in [-0.39, 0.29) is 17.3 Å². The second-order valence-corrected chi connectivity index (χ2v) is 6.61. The number of hydrogen-bond acceptors (Lipinski definition) is 6. The maximum atomic E-state index is 13.1. The molecule has 28 heavy (non-hydrogen) atoms. The van der Waals surface area contributed by atoms with Gasteiger partial charge in [0.25, 0.3) is 0 Å². The molecule has 0 radical (unpaired) electrons. The van der Waals surface area contributed by atoms with Gasteiger partial charge in [-0.15, -0.1) is 11.3 Å². The summed E-state index contributed by atoms with van der Waals surface area (Å²) >= 11 is 1.35. The third kappa shape index (κ3) is 3.72. The highest BCUT2D eigenvalue weighted by molar-refractivity contribution is 7.07. The molecule has 0 aliphatic heterocycles. The minimum absolute atomic E-state index is 0.205. The van der Waals surface area contributed by atoms with E-state index in [4.69, 9.17) is 4.42 Å². The van der Waals surface area contributed by atoms with Gasteiger partial charge in [0.15, 0.2) is 17.3 Å². The molecule has 0 unspecified atom stereocenters. The molecule has 2 N–H and O–H groups in total. The molecular weight excluding hydrogens is 381 g/mol. The van der Waals surface area contributed by atoms with Crippen LogP contribution in [0.25, 0.3) is 11.5 Å². The fourth-order valence-corrected chi connectivity index (χ4v) is 3.29. The molecule has 140 valence electrons. The average Bonchev–Trinajstić information content (AvgIpc) is 3.34. The van der Waals surface area contributed by atoms with Crippen molar-refractivity contribution >= 4 is 23.2 Å². The Morgan fingerprint density at radius 1 is 1.04 bits per heavy atom. The lowest BCUT2D eigenvalue weighted by Crippen LogP contribution is -2.11. The van der Waals surface area contributed by atoms with Gasteiger partial charge < -0.3 is 14.6 Å². The second-order valence-electron chi connectivity index (χ2n) is 5.77. The van der Waals surface area contributed by atoms with Crippen molar-refractivity contribution in [3.8, 4) is 23.0 Å². The molecule has 2 aromatic carbocycles. The minimum atomic E-state index is -0.334. The molecule has 0 fully saturated rings. The van der Waals surface area contributed by atoms with Crippen LogP contribution in [0, 0.1) is 5.82 Å². The molecule has 0 saturated heterocycles. The van der Waals surface area contributed by atoms with Gasteiger partial charge in [-0.25, -0.2) is 14.1 Å². The predicted octanol–water partition coefficient (Wildman–Crippen LogP) is 4.47. The maximum absolute atomic E-state index is 13.1. The Balaban J connectivity index is 1.80. The van der Waals surface area contributed by atoms with Gasteiger partial charge in [0.1, 0.15) is 11.5 Å². The van der Waals surface area contributed by atoms with Crippen LogP contribution in [0.2, 0.25) is 0 Å². The van der Waals surface area contributed by atoms with E-state index in [2.05, 4.69) is 10.1 Å². The van der Waals surface area contributed by atoms with Crippen LogP contribution >= 0.6 is 11.3 Å². The third-order valence-corrected chi connectivity index (χ3v) is 4.65. The van der Waals surface area contributed by atoms with Crippen molar-refractivity contribution in [2.75, 3.05) is 0 Å². The van der Waals surface area contributed by atoms with Crippen LogP contribution in [0.3, 0.4) is 0 Å². The number of hydrogen-bond donors (Lipinski definition) is 2. The first-order chi connectivity index (χ1) is 13.6. The number of benzene rings is 2. The summed E-state index contributed by atoms with van der Waals surface area (Å²) in [4.78, 5) is 5.08. The minimum Gasteiger partial charge on any atom is -0.504 e. The summed E-state index contributed by atoms with van der Waals surface area (Å²) in [6.07, 6.45) is 3.10. The number of aromatic nitrogens is 1. The van der Waals surface area contributed by atoms with Crippen LogP contribution < -0.4 is 4.80 Å². The molecule has 0 aliphatic rings. The van der Waals surface area contributed by atoms with Crippen molar-refractivity contribution in [1.82, 2.24) is 4.68 Å². The molecule has 4 rings (SSSR count). The molecule has 2 heterocycles. The SMILES string of the molecule is Oc1ccc(C=Nn2c(-c3ccco3)csc2=Nc2ccc(F)cc2)cc1O. The molecule has 4 aromatic rings. The lowest BCUT2D eigenvalue weighted by Gasteiger charge is -2.02. The topological polar surface area (TPSA) is 83.2 Å². The van der Waals surface area contributed by atoms with Crippen LogP contribution in [0.1, 0.15) is 5.56 Å². The molecule has 0 amide bonds. The number of nitrogens with zero attached hydrogens (tertiary/aromatic N) is 3. The zero-order valence-corrected chi connectivity index (χ0v) is 15.2. The van der Waals surface area contributed by atoms with Gasteiger partial charge >= 0.3 is 0 Å². The first-order valence-corrected chi connectivity index (χ1v) is 9.09. The number of phenols is 2. The van der Waals surface area contributed by atoms with E-state index < -0.39 is 0 Å². The third-order valence-electron chi connectivity index (χ3n) is 3.83. The number of aromatic hydroxyl groups is 2. The summed E-state index contributed by atoms with van der Waals surface area (Å²) in [7, 11) is 0. The number of halogens is 1. The van der Waals surface area contributed by atoms with E-state index in [0.717, 1.165) is 0 Å². The fourth-order valence-electron chi connectivity index (χ4n) is 2.45. The Morgan fingerprint density at radius 3 is 2.57 bits per heavy atom. The van der Waals surface area contributed by atoms with Crippen LogP contribution in [0.5, 0.6) is 11.5 Å². The smallest absolute Gasteiger partial charge is 0.211 e. The van der Waals surface area contributed by atoms with Gasteiger partial charge in [-0.3, -0.25) is 0 Å². The molecule has 0 bridgehead atoms. The van der Waals surface area contributed by atoms with Crippen LogP contribution in [-0.2, 0) is 0 Å². The Bertz CT molecular complexity index is 1190. The number of thiazole rings is 1. The molecule has 0 aliphatic carbocycles. The van der Waals surface area contributed by atoms with Crippen LogP contribution in [0.4, 0.5) is 10.1 Å². The number of rotatable bonds is 4. The molecule has 0 atom stereocenters. The summed E-state index contributed by atoms with van der Waals surface area (Å²) in [5, 5.41) is 25.4. The van der Waals surface area contributed by atoms with Crippen molar-refractivity contribution < 1.29 is 19.0 Å². The number of phenolic OH excluding ortho intramolecular Hbond substituents is 2. The molecule has 2 aromatic heterocycles. The standard InChI is InChI=1S/C20H14FN3O3S/c21-14-4-6-15(7-5-14)23-20-24(16(12-28-20)19-2-1-9-27-19)22-11-13-3-8-17(25)18(26)10-13/h1-12,25-26H. The van der Waals surface area contributed by atoms with Crippen LogP contribution in [0.15, 0.2) is 80.8 Å². The van der Waals surface area contributed by atoms with E-state index in [1.165, 1.54) is 41.8 Å². The Hall–Kier alpha value is -3.65. The Morgan fingerprint density at radius 2 is 1.86 bits per heavy atom. The van der Waals surface area contributed by atoms with Crippen molar-refractivity contribution in [1.29, 1.82) is 0 Å². The maximum Gasteiger partial charge on any atom is 0.211 e. The summed E-state index contributed by atoms with van der Waals surface area (Å²) in [5.74, 6) is -0.160. The zero-order chi connectivity index (χ0) is 19.5. The van der Waals surface area contributed by atoms with Gasteiger partial charge in [-0.05, 0) is 60.2 Å². The molecule has 0 saturated carbocycles. The number of furan rings is 1. The van der Waals surface area contributed by atoms with E-state index in [1.807, 2.05) is 11.4 Å². The monoisotopic (exact) mass is 395 g/mol. The average molecular weight is 395 g/mol. The zero-order valence-electron chi connectivity index (χ0n) is 14.4. The highest BCUT2D eigenvalue weighted by atomic mass is 32.1. The van der Waals surface area contributed by atoms with Crippen molar-refractivity contribution in [2.24, 2.45) is 10.1 Å². The van der Waals surface area contributed by atoms with Gasteiger partial charge in [-0.2, -0.15) is 5.10 Å². The van der Waals surface area contributed by atoms with E-state index >= 15 is 0 Å². The normalized spacial score (nSPS) is 12.1. The quantitative estimate of drug-likeness (QED) is 0.395. The van der Waals surface area contributed by atoms with Gasteiger partial charge in [-0.1, -0.05) is 0 Å². The van der Waals surface area contributed by atoms with Crippen molar-refractivity contribution in [3.63, 3.8) is 0 Å². The van der Waals surface area contributed by atoms with Gasteiger partial charge in [0.2, 0.25) is 4.80 Å². The summed E-state index contributed by atoms with van der Waals surface area (Å²) in [6.45, 7) is 0. The van der Waals surface area contributed by atoms with E-state index in [9.17, 15) is 14.6 Å². The Kier molecular flexibility index (Phi) is 4.77. The van der Waals surface area contributed by atoms with E-state index in [1.54, 1.807) is 35.2 Å². The van der Waals surface area contributed by atoms with Crippen LogP contribution in [-0.4, -0.2) is 21.1 Å². The fraction of sp³-hybridized carbons (Fsp3) is 0. The highest BCUT2D eigenvalue weighted by Crippen LogP contribution is 2.25. The summed E-state index contributed by atoms with van der Waals surface area (Å²) < 4.78 is 20.2. The lowest BCUT2D eigenvalue weighted by atomic mass is 10.2. The first-order valence-electron chi connectivity index (χ1n) is 8.21. The van der Waals surface area contributed by atoms with Crippen molar-refractivity contribution in [3.05, 3.63) is 82.4 Å². The van der Waals surface area contributed by atoms with Crippen molar-refractivity contribution in [2.45, 2.75) is 0 Å². The summed E-state index contributed by atoms with van der Waals surface area (Å²) in [5.41, 5.74) is 1.86. The Labute approximate surface area is 162 Å². The second kappa shape index (κ2) is 7.53. The molecular formula is C20H14FN3O3S. The first kappa shape index (κ1) is 17.7. The predicted molar refractivity (Wildman–Crippen MR) is 104 cm³/mol. The lowest BCUT2D eigenvalue weighted by molar-refractivity contribution is 0.403. The summed E-state index contributed by atoms with van der Waals surface area (Å²) in [6, 6.07) is 13.8. The molecule has 6 nitrogen and oxygen atoms in total. The van der Waals surface area contributed by atoms with Gasteiger partial charge in [0.05, 0.1) is 18.2 Å². The van der Waals surface area contributed by atoms with E-state index in [0.29, 0.717) is 27.5 Å². The molecule has 8 heteroatoms.